The number of nitrogens with two attached hydrogens (primary N) is 1. The summed E-state index contributed by atoms with van der Waals surface area (Å²) in [4.78, 5) is 4.23. The van der Waals surface area contributed by atoms with Gasteiger partial charge < -0.3 is 5.73 Å². The van der Waals surface area contributed by atoms with Crippen LogP contribution in [0.4, 0.5) is 0 Å². The largest absolute Gasteiger partial charge is 0.328 e. The maximum Gasteiger partial charge on any atom is 0.138 e. The van der Waals surface area contributed by atoms with Crippen LogP contribution in [-0.4, -0.2) is 20.8 Å². The summed E-state index contributed by atoms with van der Waals surface area (Å²) in [6.45, 7) is 3.08. The molecule has 0 saturated carbocycles. The number of nitrogens with zero attached hydrogens (tertiary/aromatic N) is 3. The van der Waals surface area contributed by atoms with Gasteiger partial charge in [0.25, 0.3) is 0 Å². The molecule has 2 unspecified atom stereocenters. The van der Waals surface area contributed by atoms with Crippen LogP contribution in [0.2, 0.25) is 0 Å². The van der Waals surface area contributed by atoms with Crippen LogP contribution < -0.4 is 5.73 Å². The Balaban J connectivity index is 2.00. The minimum Gasteiger partial charge on any atom is -0.328 e. The molecule has 2 N–H and O–H groups in total. The smallest absolute Gasteiger partial charge is 0.138 e. The number of rotatable bonds is 2. The van der Waals surface area contributed by atoms with Crippen molar-refractivity contribution >= 4 is 0 Å². The van der Waals surface area contributed by atoms with Crippen molar-refractivity contribution in [2.45, 2.75) is 38.8 Å². The average Bonchev–Trinajstić information content (AvgIpc) is 2.49. The Morgan fingerprint density at radius 2 is 2.62 bits per heavy atom. The first-order valence-corrected chi connectivity index (χ1v) is 4.88. The van der Waals surface area contributed by atoms with Gasteiger partial charge in [0, 0.05) is 19.0 Å². The lowest BCUT2D eigenvalue weighted by molar-refractivity contribution is 0.329. The lowest BCUT2D eigenvalue weighted by atomic mass is 9.92. The van der Waals surface area contributed by atoms with Crippen molar-refractivity contribution in [2.75, 3.05) is 0 Å². The van der Waals surface area contributed by atoms with Gasteiger partial charge in [0.15, 0.2) is 0 Å². The number of hydrogen-bond donors (Lipinski definition) is 1. The highest BCUT2D eigenvalue weighted by Gasteiger charge is 2.20. The van der Waals surface area contributed by atoms with Crippen LogP contribution in [-0.2, 0) is 13.0 Å². The van der Waals surface area contributed by atoms with E-state index in [-0.39, 0.29) is 0 Å². The summed E-state index contributed by atoms with van der Waals surface area (Å²) < 4.78 is 2.00. The quantitative estimate of drug-likeness (QED) is 0.724. The average molecular weight is 180 g/mol. The summed E-state index contributed by atoms with van der Waals surface area (Å²) in [5, 5.41) is 4.14. The van der Waals surface area contributed by atoms with Crippen molar-refractivity contribution in [1.29, 1.82) is 0 Å². The van der Waals surface area contributed by atoms with Crippen LogP contribution in [0.25, 0.3) is 0 Å². The Morgan fingerprint density at radius 3 is 3.38 bits per heavy atom. The molecule has 1 aliphatic rings. The van der Waals surface area contributed by atoms with E-state index in [4.69, 9.17) is 5.73 Å². The standard InChI is InChI=1S/C9H16N4/c1-7(10)4-8-2-3-13-9(5-8)11-6-12-13/h6-8H,2-5,10H2,1H3. The molecule has 0 radical (unpaired) electrons. The molecule has 0 fully saturated rings. The van der Waals surface area contributed by atoms with Crippen molar-refractivity contribution in [3.05, 3.63) is 12.2 Å². The summed E-state index contributed by atoms with van der Waals surface area (Å²) in [6.07, 6.45) is 4.98. The van der Waals surface area contributed by atoms with Crippen molar-refractivity contribution < 1.29 is 0 Å². The minimum atomic E-state index is 0.305. The monoisotopic (exact) mass is 180 g/mol. The Morgan fingerprint density at radius 1 is 1.77 bits per heavy atom. The molecule has 2 rings (SSSR count). The van der Waals surface area contributed by atoms with Gasteiger partial charge in [0.2, 0.25) is 0 Å². The van der Waals surface area contributed by atoms with Gasteiger partial charge in [-0.2, -0.15) is 5.10 Å². The molecule has 0 aromatic carbocycles. The van der Waals surface area contributed by atoms with Gasteiger partial charge >= 0.3 is 0 Å². The number of aryl methyl sites for hydroxylation is 1. The fourth-order valence-electron chi connectivity index (χ4n) is 2.03. The van der Waals surface area contributed by atoms with Crippen LogP contribution in [0.3, 0.4) is 0 Å². The van der Waals surface area contributed by atoms with Gasteiger partial charge in [-0.15, -0.1) is 0 Å². The lowest BCUT2D eigenvalue weighted by Gasteiger charge is -2.23. The van der Waals surface area contributed by atoms with Crippen molar-refractivity contribution in [3.63, 3.8) is 0 Å². The predicted octanol–water partition coefficient (Wildman–Crippen LogP) is 0.578. The predicted molar refractivity (Wildman–Crippen MR) is 50.1 cm³/mol. The van der Waals surface area contributed by atoms with Gasteiger partial charge in [-0.3, -0.25) is 4.68 Å². The van der Waals surface area contributed by atoms with Crippen LogP contribution in [0, 0.1) is 5.92 Å². The third-order valence-electron chi connectivity index (χ3n) is 2.62. The second-order valence-corrected chi connectivity index (χ2v) is 3.97. The summed E-state index contributed by atoms with van der Waals surface area (Å²) in [5.41, 5.74) is 5.78. The lowest BCUT2D eigenvalue weighted by Crippen LogP contribution is -2.26. The topological polar surface area (TPSA) is 56.7 Å². The van der Waals surface area contributed by atoms with Gasteiger partial charge in [-0.1, -0.05) is 0 Å². The molecule has 0 amide bonds. The van der Waals surface area contributed by atoms with Crippen molar-refractivity contribution in [1.82, 2.24) is 14.8 Å². The molecule has 0 spiro atoms. The second-order valence-electron chi connectivity index (χ2n) is 3.97. The highest BCUT2D eigenvalue weighted by Crippen LogP contribution is 2.21. The molecule has 72 valence electrons. The van der Waals surface area contributed by atoms with Crippen LogP contribution in [0.1, 0.15) is 25.6 Å². The molecule has 1 aliphatic heterocycles. The molecule has 1 aromatic rings. The Hall–Kier alpha value is -0.900. The molecule has 2 heterocycles. The fraction of sp³-hybridized carbons (Fsp3) is 0.778. The first kappa shape index (κ1) is 8.69. The van der Waals surface area contributed by atoms with Crippen LogP contribution >= 0.6 is 0 Å². The second kappa shape index (κ2) is 3.46. The van der Waals surface area contributed by atoms with E-state index in [1.807, 2.05) is 4.68 Å². The van der Waals surface area contributed by atoms with Gasteiger partial charge in [-0.05, 0) is 25.7 Å². The van der Waals surface area contributed by atoms with E-state index < -0.39 is 0 Å². The molecule has 0 bridgehead atoms. The molecule has 0 saturated heterocycles. The maximum atomic E-state index is 5.78. The summed E-state index contributed by atoms with van der Waals surface area (Å²) in [5.74, 6) is 1.83. The third kappa shape index (κ3) is 1.88. The van der Waals surface area contributed by atoms with E-state index in [9.17, 15) is 0 Å². The number of hydrogen-bond acceptors (Lipinski definition) is 3. The van der Waals surface area contributed by atoms with Gasteiger partial charge in [0.05, 0.1) is 0 Å². The van der Waals surface area contributed by atoms with E-state index >= 15 is 0 Å². The Kier molecular flexibility index (Phi) is 2.31. The first-order valence-electron chi connectivity index (χ1n) is 4.88. The van der Waals surface area contributed by atoms with E-state index in [1.165, 1.54) is 6.42 Å². The molecule has 4 nitrogen and oxygen atoms in total. The summed E-state index contributed by atoms with van der Waals surface area (Å²) in [7, 11) is 0. The zero-order valence-corrected chi connectivity index (χ0v) is 7.98. The van der Waals surface area contributed by atoms with Crippen molar-refractivity contribution in [2.24, 2.45) is 11.7 Å². The summed E-state index contributed by atoms with van der Waals surface area (Å²) >= 11 is 0. The van der Waals surface area contributed by atoms with Gasteiger partial charge in [-0.25, -0.2) is 4.98 Å². The van der Waals surface area contributed by atoms with Crippen LogP contribution in [0.15, 0.2) is 6.33 Å². The Bertz CT molecular complexity index is 279. The van der Waals surface area contributed by atoms with Gasteiger partial charge in [0.1, 0.15) is 12.2 Å². The molecule has 13 heavy (non-hydrogen) atoms. The third-order valence-corrected chi connectivity index (χ3v) is 2.62. The van der Waals surface area contributed by atoms with E-state index in [0.717, 1.165) is 25.2 Å². The van der Waals surface area contributed by atoms with Crippen molar-refractivity contribution in [3.8, 4) is 0 Å². The number of aromatic nitrogens is 3. The van der Waals surface area contributed by atoms with E-state index in [1.54, 1.807) is 6.33 Å². The summed E-state index contributed by atoms with van der Waals surface area (Å²) in [6, 6.07) is 0.305. The van der Waals surface area contributed by atoms with E-state index in [2.05, 4.69) is 17.0 Å². The highest BCUT2D eigenvalue weighted by molar-refractivity contribution is 4.91. The minimum absolute atomic E-state index is 0.305. The van der Waals surface area contributed by atoms with E-state index in [0.29, 0.717) is 12.0 Å². The zero-order valence-electron chi connectivity index (χ0n) is 7.98. The molecule has 0 aliphatic carbocycles. The fourth-order valence-corrected chi connectivity index (χ4v) is 2.03. The normalized spacial score (nSPS) is 24.0. The molecular weight excluding hydrogens is 164 g/mol. The maximum absolute atomic E-state index is 5.78. The SMILES string of the molecule is CC(N)CC1CCn2ncnc2C1. The molecular formula is C9H16N4. The highest BCUT2D eigenvalue weighted by atomic mass is 15.3. The van der Waals surface area contributed by atoms with Crippen LogP contribution in [0.5, 0.6) is 0 Å². The zero-order chi connectivity index (χ0) is 9.26. The Labute approximate surface area is 78.1 Å². The molecule has 2 atom stereocenters. The first-order chi connectivity index (χ1) is 6.25. The molecule has 4 heteroatoms. The molecule has 1 aromatic heterocycles. The number of fused-ring (bicyclic) bond motifs is 1.